The molecule has 0 saturated carbocycles. The Labute approximate surface area is 367 Å². The van der Waals surface area contributed by atoms with E-state index in [1.54, 1.807) is 0 Å². The maximum Gasteiger partial charge on any atom is 0.160 e. The molecule has 13 aromatic rings. The number of nitrogen functional groups attached to an aromatic ring is 1. The van der Waals surface area contributed by atoms with Crippen molar-refractivity contribution in [2.75, 3.05) is 5.73 Å². The molecule has 0 atom stereocenters. The SMILES string of the molecule is Nc1cc(-c2nc(-c3ccccc3)cc(-c3cccc(-c4ccccc4)c3)n2)ccc1-n1c2ccccc2c2ccc3c(c4ccccc4n3-c3ccc4oc5ccccc5c4c3)c21. The molecule has 64 heavy (non-hydrogen) atoms. The van der Waals surface area contributed by atoms with Crippen LogP contribution in [0.25, 0.3) is 122 Å². The zero-order valence-corrected chi connectivity index (χ0v) is 34.5. The summed E-state index contributed by atoms with van der Waals surface area (Å²) in [4.78, 5) is 10.4. The first-order valence-electron chi connectivity index (χ1n) is 21.5. The van der Waals surface area contributed by atoms with Gasteiger partial charge in [0.1, 0.15) is 11.2 Å². The molecule has 0 bridgehead atoms. The van der Waals surface area contributed by atoms with Crippen molar-refractivity contribution in [3.63, 3.8) is 0 Å². The van der Waals surface area contributed by atoms with Gasteiger partial charge in [-0.2, -0.15) is 0 Å². The number of rotatable bonds is 6. The molecule has 0 amide bonds. The molecule has 0 saturated heterocycles. The van der Waals surface area contributed by atoms with Gasteiger partial charge in [0, 0.05) is 54.7 Å². The molecule has 4 heterocycles. The van der Waals surface area contributed by atoms with Crippen LogP contribution in [-0.2, 0) is 0 Å². The largest absolute Gasteiger partial charge is 0.456 e. The van der Waals surface area contributed by atoms with Crippen LogP contribution in [0.3, 0.4) is 0 Å². The predicted molar refractivity (Wildman–Crippen MR) is 264 cm³/mol. The van der Waals surface area contributed by atoms with E-state index in [9.17, 15) is 0 Å². The number of nitrogens with zero attached hydrogens (tertiary/aromatic N) is 4. The minimum Gasteiger partial charge on any atom is -0.456 e. The Bertz CT molecular complexity index is 3970. The van der Waals surface area contributed by atoms with Crippen molar-refractivity contribution in [3.8, 4) is 56.4 Å². The molecule has 0 spiro atoms. The zero-order valence-electron chi connectivity index (χ0n) is 34.5. The lowest BCUT2D eigenvalue weighted by molar-refractivity contribution is 0.669. The minimum atomic E-state index is 0.606. The highest BCUT2D eigenvalue weighted by molar-refractivity contribution is 6.26. The lowest BCUT2D eigenvalue weighted by Gasteiger charge is -2.14. The maximum absolute atomic E-state index is 7.27. The summed E-state index contributed by atoms with van der Waals surface area (Å²) in [6.45, 7) is 0. The minimum absolute atomic E-state index is 0.606. The van der Waals surface area contributed by atoms with Crippen LogP contribution in [0.5, 0.6) is 0 Å². The number of nitrogens with two attached hydrogens (primary N) is 1. The second-order valence-corrected chi connectivity index (χ2v) is 16.4. The molecular weight excluding hydrogens is 783 g/mol. The van der Waals surface area contributed by atoms with E-state index < -0.39 is 0 Å². The van der Waals surface area contributed by atoms with E-state index in [2.05, 4.69) is 179 Å². The summed E-state index contributed by atoms with van der Waals surface area (Å²) in [7, 11) is 0. The number of para-hydroxylation sites is 3. The molecule has 13 rings (SSSR count). The smallest absolute Gasteiger partial charge is 0.160 e. The third kappa shape index (κ3) is 5.59. The quantitative estimate of drug-likeness (QED) is 0.170. The van der Waals surface area contributed by atoms with E-state index in [1.165, 1.54) is 0 Å². The highest BCUT2D eigenvalue weighted by Crippen LogP contribution is 2.44. The molecule has 0 fully saturated rings. The van der Waals surface area contributed by atoms with Gasteiger partial charge in [0.25, 0.3) is 0 Å². The molecule has 0 aliphatic heterocycles. The summed E-state index contributed by atoms with van der Waals surface area (Å²) in [5.74, 6) is 0.606. The molecule has 0 radical (unpaired) electrons. The van der Waals surface area contributed by atoms with Crippen molar-refractivity contribution in [1.29, 1.82) is 0 Å². The average molecular weight is 820 g/mol. The molecular formula is C58H37N5O. The number of fused-ring (bicyclic) bond motifs is 10. The lowest BCUT2D eigenvalue weighted by Crippen LogP contribution is -2.02. The monoisotopic (exact) mass is 819 g/mol. The van der Waals surface area contributed by atoms with Crippen molar-refractivity contribution in [2.24, 2.45) is 0 Å². The van der Waals surface area contributed by atoms with Crippen LogP contribution in [0.1, 0.15) is 0 Å². The number of anilines is 1. The summed E-state index contributed by atoms with van der Waals surface area (Å²) < 4.78 is 11.0. The van der Waals surface area contributed by atoms with Crippen LogP contribution >= 0.6 is 0 Å². The molecule has 6 heteroatoms. The third-order valence-corrected chi connectivity index (χ3v) is 12.7. The highest BCUT2D eigenvalue weighted by Gasteiger charge is 2.23. The summed E-state index contributed by atoms with van der Waals surface area (Å²) in [5, 5.41) is 6.83. The van der Waals surface area contributed by atoms with Gasteiger partial charge >= 0.3 is 0 Å². The number of benzene rings is 9. The number of hydrogen-bond acceptors (Lipinski definition) is 4. The van der Waals surface area contributed by atoms with E-state index in [0.717, 1.165) is 116 Å². The van der Waals surface area contributed by atoms with Crippen molar-refractivity contribution in [3.05, 3.63) is 212 Å². The van der Waals surface area contributed by atoms with Gasteiger partial charge in [0.15, 0.2) is 5.82 Å². The molecule has 0 aliphatic rings. The van der Waals surface area contributed by atoms with Crippen molar-refractivity contribution in [2.45, 2.75) is 0 Å². The molecule has 4 aromatic heterocycles. The molecule has 2 N–H and O–H groups in total. The fourth-order valence-electron chi connectivity index (χ4n) is 9.76. The van der Waals surface area contributed by atoms with Crippen molar-refractivity contribution >= 4 is 71.2 Å². The molecule has 6 nitrogen and oxygen atoms in total. The molecule has 0 aliphatic carbocycles. The highest BCUT2D eigenvalue weighted by atomic mass is 16.3. The molecule has 9 aromatic carbocycles. The second-order valence-electron chi connectivity index (χ2n) is 16.4. The Morgan fingerprint density at radius 3 is 1.81 bits per heavy atom. The zero-order chi connectivity index (χ0) is 42.3. The van der Waals surface area contributed by atoms with E-state index in [0.29, 0.717) is 11.5 Å². The summed E-state index contributed by atoms with van der Waals surface area (Å²) >= 11 is 0. The van der Waals surface area contributed by atoms with E-state index in [-0.39, 0.29) is 0 Å². The fraction of sp³-hybridized carbons (Fsp3) is 0. The summed E-state index contributed by atoms with van der Waals surface area (Å²) in [6, 6.07) is 74.2. The maximum atomic E-state index is 7.27. The van der Waals surface area contributed by atoms with Gasteiger partial charge in [-0.25, -0.2) is 9.97 Å². The van der Waals surface area contributed by atoms with Crippen LogP contribution in [-0.4, -0.2) is 19.1 Å². The second kappa shape index (κ2) is 14.2. The van der Waals surface area contributed by atoms with Crippen LogP contribution < -0.4 is 5.73 Å². The first kappa shape index (κ1) is 36.0. The van der Waals surface area contributed by atoms with Gasteiger partial charge < -0.3 is 19.3 Å². The topological polar surface area (TPSA) is 74.8 Å². The van der Waals surface area contributed by atoms with Crippen LogP contribution in [0.2, 0.25) is 0 Å². The number of furan rings is 1. The summed E-state index contributed by atoms with van der Waals surface area (Å²) in [6.07, 6.45) is 0. The average Bonchev–Trinajstić information content (AvgIpc) is 4.02. The Kier molecular flexibility index (Phi) is 7.96. The Morgan fingerprint density at radius 2 is 1.02 bits per heavy atom. The van der Waals surface area contributed by atoms with Gasteiger partial charge in [-0.15, -0.1) is 0 Å². The summed E-state index contributed by atoms with van der Waals surface area (Å²) in [5.41, 5.74) is 22.8. The predicted octanol–water partition coefficient (Wildman–Crippen LogP) is 14.8. The molecule has 0 unspecified atom stereocenters. The fourth-order valence-corrected chi connectivity index (χ4v) is 9.76. The van der Waals surface area contributed by atoms with Crippen molar-refractivity contribution < 1.29 is 4.42 Å². The first-order chi connectivity index (χ1) is 31.6. The third-order valence-electron chi connectivity index (χ3n) is 12.7. The Balaban J connectivity index is 1.01. The van der Waals surface area contributed by atoms with Crippen LogP contribution in [0, 0.1) is 0 Å². The van der Waals surface area contributed by atoms with E-state index in [1.807, 2.05) is 42.5 Å². The number of hydrogen-bond donors (Lipinski definition) is 1. The molecule has 300 valence electrons. The van der Waals surface area contributed by atoms with Gasteiger partial charge in [-0.05, 0) is 83.9 Å². The Morgan fingerprint density at radius 1 is 0.375 bits per heavy atom. The van der Waals surface area contributed by atoms with E-state index in [4.69, 9.17) is 20.1 Å². The van der Waals surface area contributed by atoms with Gasteiger partial charge in [0.05, 0.1) is 44.8 Å². The van der Waals surface area contributed by atoms with Crippen LogP contribution in [0.15, 0.2) is 217 Å². The van der Waals surface area contributed by atoms with Crippen LogP contribution in [0.4, 0.5) is 5.69 Å². The normalized spacial score (nSPS) is 11.8. The van der Waals surface area contributed by atoms with Gasteiger partial charge in [0.2, 0.25) is 0 Å². The lowest BCUT2D eigenvalue weighted by atomic mass is 10.0. The standard InChI is InChI=1S/C58H37N5O/c59-47-33-40(58-60-48(37-16-5-2-6-17-37)35-49(61-58)39-19-13-18-38(32-39)36-14-3-1-4-15-36)26-29-52(47)63-50-23-10-7-20-42(50)44-28-30-53-56(57(44)63)45-22-8-11-24-51(45)62(53)41-27-31-55-46(34-41)43-21-9-12-25-54(43)64-55/h1-35H,59H2. The first-order valence-corrected chi connectivity index (χ1v) is 21.5. The number of aromatic nitrogens is 4. The van der Waals surface area contributed by atoms with Crippen molar-refractivity contribution in [1.82, 2.24) is 19.1 Å². The van der Waals surface area contributed by atoms with Gasteiger partial charge in [-0.3, -0.25) is 0 Å². The Hall–Kier alpha value is -8.74. The van der Waals surface area contributed by atoms with E-state index >= 15 is 0 Å². The van der Waals surface area contributed by atoms with Gasteiger partial charge in [-0.1, -0.05) is 140 Å².